The predicted molar refractivity (Wildman–Crippen MR) is 62.0 cm³/mol. The fourth-order valence-electron chi connectivity index (χ4n) is 2.62. The van der Waals surface area contributed by atoms with E-state index in [2.05, 4.69) is 5.32 Å². The van der Waals surface area contributed by atoms with E-state index in [1.165, 1.54) is 6.42 Å². The van der Waals surface area contributed by atoms with Crippen molar-refractivity contribution >= 4 is 5.91 Å². The van der Waals surface area contributed by atoms with Crippen LogP contribution in [0.1, 0.15) is 32.6 Å². The Hall–Kier alpha value is -0.610. The Balaban J connectivity index is 1.89. The minimum atomic E-state index is -0.233. The number of likely N-dealkylation sites (tertiary alicyclic amines) is 1. The van der Waals surface area contributed by atoms with Gasteiger partial charge in [-0.2, -0.15) is 0 Å². The molecule has 2 heterocycles. The van der Waals surface area contributed by atoms with Gasteiger partial charge in [-0.3, -0.25) is 4.79 Å². The normalized spacial score (nSPS) is 36.1. The van der Waals surface area contributed by atoms with Crippen molar-refractivity contribution < 1.29 is 9.90 Å². The number of piperidine rings is 2. The third kappa shape index (κ3) is 2.55. The van der Waals surface area contributed by atoms with Crippen LogP contribution in [-0.4, -0.2) is 47.7 Å². The molecule has 0 aliphatic carbocycles. The fourth-order valence-corrected chi connectivity index (χ4v) is 2.62. The van der Waals surface area contributed by atoms with Crippen LogP contribution in [0.15, 0.2) is 0 Å². The second-order valence-corrected chi connectivity index (χ2v) is 5.12. The summed E-state index contributed by atoms with van der Waals surface area (Å²) in [5.41, 5.74) is 0. The SMILES string of the molecule is CC1CN(C(=O)C2CCCCN2)CCC1O. The van der Waals surface area contributed by atoms with Crippen LogP contribution in [0.4, 0.5) is 0 Å². The summed E-state index contributed by atoms with van der Waals surface area (Å²) in [6.45, 7) is 4.39. The van der Waals surface area contributed by atoms with Crippen molar-refractivity contribution in [2.45, 2.75) is 44.8 Å². The monoisotopic (exact) mass is 226 g/mol. The first-order chi connectivity index (χ1) is 7.68. The highest BCUT2D eigenvalue weighted by molar-refractivity contribution is 5.82. The second kappa shape index (κ2) is 5.15. The Morgan fingerprint density at radius 1 is 1.38 bits per heavy atom. The van der Waals surface area contributed by atoms with E-state index in [4.69, 9.17) is 0 Å². The van der Waals surface area contributed by atoms with Crippen LogP contribution in [-0.2, 0) is 4.79 Å². The van der Waals surface area contributed by atoms with Crippen LogP contribution in [0.25, 0.3) is 0 Å². The number of rotatable bonds is 1. The van der Waals surface area contributed by atoms with Crippen molar-refractivity contribution in [1.82, 2.24) is 10.2 Å². The highest BCUT2D eigenvalue weighted by Crippen LogP contribution is 2.19. The van der Waals surface area contributed by atoms with Gasteiger partial charge in [-0.05, 0) is 31.7 Å². The minimum Gasteiger partial charge on any atom is -0.393 e. The van der Waals surface area contributed by atoms with Gasteiger partial charge in [0.25, 0.3) is 0 Å². The summed E-state index contributed by atoms with van der Waals surface area (Å²) in [6.07, 6.45) is 3.78. The van der Waals surface area contributed by atoms with E-state index in [-0.39, 0.29) is 24.0 Å². The molecule has 3 unspecified atom stereocenters. The third-order valence-electron chi connectivity index (χ3n) is 3.78. The molecule has 1 amide bonds. The van der Waals surface area contributed by atoms with Crippen LogP contribution < -0.4 is 5.32 Å². The van der Waals surface area contributed by atoms with Gasteiger partial charge < -0.3 is 15.3 Å². The van der Waals surface area contributed by atoms with Gasteiger partial charge >= 0.3 is 0 Å². The molecule has 4 nitrogen and oxygen atoms in total. The Morgan fingerprint density at radius 3 is 2.81 bits per heavy atom. The lowest BCUT2D eigenvalue weighted by Crippen LogP contribution is -2.53. The molecular weight excluding hydrogens is 204 g/mol. The van der Waals surface area contributed by atoms with Crippen molar-refractivity contribution in [1.29, 1.82) is 0 Å². The average Bonchev–Trinajstić information content (AvgIpc) is 2.33. The zero-order valence-electron chi connectivity index (χ0n) is 9.98. The molecule has 0 aromatic heterocycles. The van der Waals surface area contributed by atoms with Crippen LogP contribution in [0.2, 0.25) is 0 Å². The lowest BCUT2D eigenvalue weighted by atomic mass is 9.95. The zero-order chi connectivity index (χ0) is 11.5. The Labute approximate surface area is 97.0 Å². The van der Waals surface area contributed by atoms with Gasteiger partial charge in [-0.1, -0.05) is 13.3 Å². The highest BCUT2D eigenvalue weighted by atomic mass is 16.3. The maximum Gasteiger partial charge on any atom is 0.239 e. The summed E-state index contributed by atoms with van der Waals surface area (Å²) in [5, 5.41) is 12.9. The predicted octanol–water partition coefficient (Wildman–Crippen LogP) is 0.358. The summed E-state index contributed by atoms with van der Waals surface area (Å²) in [7, 11) is 0. The molecule has 0 radical (unpaired) electrons. The van der Waals surface area contributed by atoms with E-state index < -0.39 is 0 Å². The van der Waals surface area contributed by atoms with Crippen molar-refractivity contribution in [3.63, 3.8) is 0 Å². The van der Waals surface area contributed by atoms with Gasteiger partial charge in [0.15, 0.2) is 0 Å². The van der Waals surface area contributed by atoms with Crippen LogP contribution >= 0.6 is 0 Å². The second-order valence-electron chi connectivity index (χ2n) is 5.12. The van der Waals surface area contributed by atoms with E-state index in [0.717, 1.165) is 25.8 Å². The minimum absolute atomic E-state index is 0.0243. The lowest BCUT2D eigenvalue weighted by molar-refractivity contribution is -0.137. The molecule has 0 aromatic rings. The first-order valence-corrected chi connectivity index (χ1v) is 6.38. The quantitative estimate of drug-likeness (QED) is 0.678. The first kappa shape index (κ1) is 11.9. The molecule has 2 fully saturated rings. The van der Waals surface area contributed by atoms with E-state index in [9.17, 15) is 9.90 Å². The van der Waals surface area contributed by atoms with Gasteiger partial charge in [0.05, 0.1) is 12.1 Å². The first-order valence-electron chi connectivity index (χ1n) is 6.38. The van der Waals surface area contributed by atoms with Crippen molar-refractivity contribution in [2.24, 2.45) is 5.92 Å². The van der Waals surface area contributed by atoms with Gasteiger partial charge in [0, 0.05) is 13.1 Å². The largest absolute Gasteiger partial charge is 0.393 e. The van der Waals surface area contributed by atoms with Crippen LogP contribution in [0, 0.1) is 5.92 Å². The molecule has 0 bridgehead atoms. The summed E-state index contributed by atoms with van der Waals surface area (Å²) >= 11 is 0. The topological polar surface area (TPSA) is 52.6 Å². The van der Waals surface area contributed by atoms with Crippen LogP contribution in [0.5, 0.6) is 0 Å². The summed E-state index contributed by atoms with van der Waals surface area (Å²) in [4.78, 5) is 14.1. The van der Waals surface area contributed by atoms with E-state index >= 15 is 0 Å². The fraction of sp³-hybridized carbons (Fsp3) is 0.917. The number of carbonyl (C=O) groups is 1. The summed E-state index contributed by atoms with van der Waals surface area (Å²) in [6, 6.07) is 0.0243. The highest BCUT2D eigenvalue weighted by Gasteiger charge is 2.31. The van der Waals surface area contributed by atoms with E-state index in [0.29, 0.717) is 13.1 Å². The van der Waals surface area contributed by atoms with Gasteiger partial charge in [-0.15, -0.1) is 0 Å². The van der Waals surface area contributed by atoms with Crippen molar-refractivity contribution in [2.75, 3.05) is 19.6 Å². The smallest absolute Gasteiger partial charge is 0.239 e. The zero-order valence-corrected chi connectivity index (χ0v) is 9.98. The third-order valence-corrected chi connectivity index (χ3v) is 3.78. The molecule has 2 aliphatic rings. The maximum atomic E-state index is 12.2. The molecule has 0 aromatic carbocycles. The van der Waals surface area contributed by atoms with E-state index in [1.54, 1.807) is 0 Å². The summed E-state index contributed by atoms with van der Waals surface area (Å²) < 4.78 is 0. The van der Waals surface area contributed by atoms with Crippen molar-refractivity contribution in [3.8, 4) is 0 Å². The van der Waals surface area contributed by atoms with Gasteiger partial charge in [0.2, 0.25) is 5.91 Å². The number of aliphatic hydroxyl groups is 1. The van der Waals surface area contributed by atoms with Crippen molar-refractivity contribution in [3.05, 3.63) is 0 Å². The Morgan fingerprint density at radius 2 is 2.19 bits per heavy atom. The average molecular weight is 226 g/mol. The molecule has 2 aliphatic heterocycles. The number of hydrogen-bond donors (Lipinski definition) is 2. The molecule has 0 spiro atoms. The number of nitrogens with zero attached hydrogens (tertiary/aromatic N) is 1. The Bertz CT molecular complexity index is 251. The van der Waals surface area contributed by atoms with E-state index in [1.807, 2.05) is 11.8 Å². The van der Waals surface area contributed by atoms with Gasteiger partial charge in [-0.25, -0.2) is 0 Å². The molecule has 2 rings (SSSR count). The van der Waals surface area contributed by atoms with Crippen LogP contribution in [0.3, 0.4) is 0 Å². The molecular formula is C12H22N2O2. The number of hydrogen-bond acceptors (Lipinski definition) is 3. The number of carbonyl (C=O) groups excluding carboxylic acids is 1. The standard InChI is InChI=1S/C12H22N2O2/c1-9-8-14(7-5-11(9)15)12(16)10-4-2-3-6-13-10/h9-11,13,15H,2-8H2,1H3. The Kier molecular flexibility index (Phi) is 3.82. The molecule has 2 N–H and O–H groups in total. The molecule has 92 valence electrons. The molecule has 16 heavy (non-hydrogen) atoms. The molecule has 2 saturated heterocycles. The number of aliphatic hydroxyl groups excluding tert-OH is 1. The number of nitrogens with one attached hydrogen (secondary N) is 1. The molecule has 0 saturated carbocycles. The molecule has 4 heteroatoms. The lowest BCUT2D eigenvalue weighted by Gasteiger charge is -2.37. The van der Waals surface area contributed by atoms with Gasteiger partial charge in [0.1, 0.15) is 0 Å². The number of amides is 1. The molecule has 3 atom stereocenters. The maximum absolute atomic E-state index is 12.2. The summed E-state index contributed by atoms with van der Waals surface area (Å²) in [5.74, 6) is 0.444.